The van der Waals surface area contributed by atoms with Gasteiger partial charge in [-0.15, -0.1) is 0 Å². The first kappa shape index (κ1) is 21.4. The fraction of sp³-hybridized carbons (Fsp3) is 0.211. The molecule has 0 bridgehead atoms. The summed E-state index contributed by atoms with van der Waals surface area (Å²) < 4.78 is 1.08. The van der Waals surface area contributed by atoms with Crippen molar-refractivity contribution in [1.82, 2.24) is 4.90 Å². The molecule has 1 aliphatic heterocycles. The number of amides is 2. The molecule has 28 heavy (non-hydrogen) atoms. The van der Waals surface area contributed by atoms with Gasteiger partial charge < -0.3 is 5.32 Å². The summed E-state index contributed by atoms with van der Waals surface area (Å²) in [4.78, 5) is 31.4. The lowest BCUT2D eigenvalue weighted by Gasteiger charge is -2.30. The summed E-state index contributed by atoms with van der Waals surface area (Å²) in [5.41, 5.74) is 1.22. The lowest BCUT2D eigenvalue weighted by atomic mass is 10.2. The normalized spacial score (nSPS) is 18.4. The van der Waals surface area contributed by atoms with E-state index in [-0.39, 0.29) is 18.2 Å². The first-order valence-corrected chi connectivity index (χ1v) is 11.2. The molecule has 0 radical (unpaired) electrons. The van der Waals surface area contributed by atoms with Crippen LogP contribution in [0.5, 0.6) is 0 Å². The van der Waals surface area contributed by atoms with E-state index in [2.05, 4.69) is 32.9 Å². The first-order chi connectivity index (χ1) is 13.4. The molecule has 9 heteroatoms. The minimum absolute atomic E-state index is 0.115. The van der Waals surface area contributed by atoms with E-state index in [0.717, 1.165) is 3.57 Å². The number of anilines is 1. The van der Waals surface area contributed by atoms with Gasteiger partial charge in [0, 0.05) is 32.3 Å². The number of nitrogens with one attached hydrogen (secondary N) is 1. The Kier molecular flexibility index (Phi) is 7.25. The number of amidine groups is 1. The minimum atomic E-state index is -0.567. The largest absolute Gasteiger partial charge is 0.325 e. The van der Waals surface area contributed by atoms with Gasteiger partial charge in [-0.3, -0.25) is 14.5 Å². The second-order valence-corrected chi connectivity index (χ2v) is 9.26. The molecule has 1 fully saturated rings. The molecule has 1 N–H and O–H groups in total. The lowest BCUT2D eigenvalue weighted by molar-refractivity contribution is -0.129. The Morgan fingerprint density at radius 2 is 1.89 bits per heavy atom. The van der Waals surface area contributed by atoms with Crippen molar-refractivity contribution in [2.75, 3.05) is 11.9 Å². The fourth-order valence-electron chi connectivity index (χ4n) is 2.62. The smallest absolute Gasteiger partial charge is 0.238 e. The van der Waals surface area contributed by atoms with Crippen LogP contribution >= 0.6 is 57.6 Å². The molecule has 1 heterocycles. The molecule has 2 amide bonds. The van der Waals surface area contributed by atoms with Crippen LogP contribution in [0.4, 0.5) is 11.4 Å². The number of hydrogen-bond donors (Lipinski definition) is 1. The van der Waals surface area contributed by atoms with Crippen LogP contribution in [-0.4, -0.2) is 33.7 Å². The average molecular weight is 548 g/mol. The van der Waals surface area contributed by atoms with Crippen LogP contribution in [0.1, 0.15) is 13.3 Å². The number of benzene rings is 2. The molecule has 0 aliphatic carbocycles. The summed E-state index contributed by atoms with van der Waals surface area (Å²) in [5, 5.41) is 3.66. The summed E-state index contributed by atoms with van der Waals surface area (Å²) in [6, 6.07) is 12.4. The Balaban J connectivity index is 1.83. The number of thioether (sulfide) groups is 1. The average Bonchev–Trinajstić information content (AvgIpc) is 2.62. The molecule has 146 valence electrons. The molecule has 2 aromatic rings. The molecule has 3 rings (SSSR count). The first-order valence-electron chi connectivity index (χ1n) is 8.44. The standard InChI is InChI=1S/C19H16Cl2IN3O2S/c1-2-25-17(26)10-16(18(27)23-14-5-3-13(22)4-6-14)28-19(25)24-15-8-11(20)7-12(21)9-15/h3-9,16H,2,10H2,1H3,(H,23,27). The fourth-order valence-corrected chi connectivity index (χ4v) is 4.66. The summed E-state index contributed by atoms with van der Waals surface area (Å²) in [7, 11) is 0. The zero-order valence-corrected chi connectivity index (χ0v) is 19.3. The number of aliphatic imine (C=N–C) groups is 1. The molecule has 1 aliphatic rings. The maximum Gasteiger partial charge on any atom is 0.238 e. The van der Waals surface area contributed by atoms with Crippen molar-refractivity contribution in [1.29, 1.82) is 0 Å². The maximum atomic E-state index is 12.7. The highest BCUT2D eigenvalue weighted by atomic mass is 127. The summed E-state index contributed by atoms with van der Waals surface area (Å²) >= 11 is 15.5. The van der Waals surface area contributed by atoms with Gasteiger partial charge in [0.25, 0.3) is 0 Å². The molecule has 0 aromatic heterocycles. The second kappa shape index (κ2) is 9.47. The highest BCUT2D eigenvalue weighted by molar-refractivity contribution is 14.1. The van der Waals surface area contributed by atoms with Gasteiger partial charge >= 0.3 is 0 Å². The van der Waals surface area contributed by atoms with E-state index in [4.69, 9.17) is 23.2 Å². The van der Waals surface area contributed by atoms with Crippen molar-refractivity contribution < 1.29 is 9.59 Å². The van der Waals surface area contributed by atoms with E-state index >= 15 is 0 Å². The highest BCUT2D eigenvalue weighted by Crippen LogP contribution is 2.31. The molecule has 2 aromatic carbocycles. The van der Waals surface area contributed by atoms with E-state index in [1.54, 1.807) is 23.1 Å². The van der Waals surface area contributed by atoms with E-state index < -0.39 is 5.25 Å². The summed E-state index contributed by atoms with van der Waals surface area (Å²) in [5.74, 6) is -0.372. The molecule has 5 nitrogen and oxygen atoms in total. The number of nitrogens with zero attached hydrogens (tertiary/aromatic N) is 2. The Morgan fingerprint density at radius 1 is 1.25 bits per heavy atom. The number of hydrogen-bond acceptors (Lipinski definition) is 4. The van der Waals surface area contributed by atoms with Crippen LogP contribution in [-0.2, 0) is 9.59 Å². The van der Waals surface area contributed by atoms with Gasteiger partial charge in [0.15, 0.2) is 5.17 Å². The number of halogens is 3. The molecular weight excluding hydrogens is 532 g/mol. The maximum absolute atomic E-state index is 12.7. The van der Waals surface area contributed by atoms with Gasteiger partial charge in [-0.2, -0.15) is 0 Å². The van der Waals surface area contributed by atoms with Gasteiger partial charge in [-0.1, -0.05) is 35.0 Å². The Hall–Kier alpha value is -1.29. The molecule has 0 saturated carbocycles. The van der Waals surface area contributed by atoms with Gasteiger partial charge in [-0.05, 0) is 72.0 Å². The molecule has 0 spiro atoms. The highest BCUT2D eigenvalue weighted by Gasteiger charge is 2.35. The monoisotopic (exact) mass is 547 g/mol. The summed E-state index contributed by atoms with van der Waals surface area (Å²) in [6.45, 7) is 2.33. The lowest BCUT2D eigenvalue weighted by Crippen LogP contribution is -2.45. The van der Waals surface area contributed by atoms with Crippen molar-refractivity contribution in [3.63, 3.8) is 0 Å². The van der Waals surface area contributed by atoms with Crippen LogP contribution < -0.4 is 5.32 Å². The van der Waals surface area contributed by atoms with Gasteiger partial charge in [0.05, 0.1) is 5.69 Å². The predicted molar refractivity (Wildman–Crippen MR) is 125 cm³/mol. The topological polar surface area (TPSA) is 61.8 Å². The van der Waals surface area contributed by atoms with Crippen LogP contribution in [0, 0.1) is 3.57 Å². The van der Waals surface area contributed by atoms with E-state index in [1.807, 2.05) is 31.2 Å². The van der Waals surface area contributed by atoms with Crippen LogP contribution in [0.3, 0.4) is 0 Å². The van der Waals surface area contributed by atoms with Crippen molar-refractivity contribution in [2.24, 2.45) is 4.99 Å². The van der Waals surface area contributed by atoms with E-state index in [1.165, 1.54) is 11.8 Å². The van der Waals surface area contributed by atoms with Gasteiger partial charge in [0.1, 0.15) is 5.25 Å². The predicted octanol–water partition coefficient (Wildman–Crippen LogP) is 5.58. The van der Waals surface area contributed by atoms with Crippen LogP contribution in [0.15, 0.2) is 47.5 Å². The summed E-state index contributed by atoms with van der Waals surface area (Å²) in [6.07, 6.45) is 0.115. The number of carbonyl (C=O) groups is 2. The minimum Gasteiger partial charge on any atom is -0.325 e. The van der Waals surface area contributed by atoms with Crippen LogP contribution in [0.2, 0.25) is 10.0 Å². The SMILES string of the molecule is CCN1C(=O)CC(C(=O)Nc2ccc(I)cc2)SC1=Nc1cc(Cl)cc(Cl)c1. The molecule has 1 unspecified atom stereocenters. The zero-order valence-electron chi connectivity index (χ0n) is 14.8. The zero-order chi connectivity index (χ0) is 20.3. The number of rotatable bonds is 4. The molecule has 1 atom stereocenters. The molecule has 1 saturated heterocycles. The Labute approximate surface area is 191 Å². The van der Waals surface area contributed by atoms with E-state index in [9.17, 15) is 9.59 Å². The van der Waals surface area contributed by atoms with Gasteiger partial charge in [0.2, 0.25) is 11.8 Å². The number of carbonyl (C=O) groups excluding carboxylic acids is 2. The Morgan fingerprint density at radius 3 is 2.50 bits per heavy atom. The molecular formula is C19H16Cl2IN3O2S. The third-order valence-corrected chi connectivity index (χ3v) is 6.28. The van der Waals surface area contributed by atoms with Crippen LogP contribution in [0.25, 0.3) is 0 Å². The van der Waals surface area contributed by atoms with Crippen molar-refractivity contribution in [3.05, 3.63) is 56.1 Å². The van der Waals surface area contributed by atoms with E-state index in [0.29, 0.717) is 33.1 Å². The third-order valence-electron chi connectivity index (χ3n) is 3.93. The van der Waals surface area contributed by atoms with Crippen molar-refractivity contribution in [3.8, 4) is 0 Å². The second-order valence-electron chi connectivity index (χ2n) is 5.97. The van der Waals surface area contributed by atoms with Gasteiger partial charge in [-0.25, -0.2) is 4.99 Å². The van der Waals surface area contributed by atoms with Crippen molar-refractivity contribution >= 4 is 85.9 Å². The van der Waals surface area contributed by atoms with Crippen molar-refractivity contribution in [2.45, 2.75) is 18.6 Å². The third kappa shape index (κ3) is 5.40. The Bertz CT molecular complexity index is 917. The quantitative estimate of drug-likeness (QED) is 0.508.